The van der Waals surface area contributed by atoms with E-state index in [0.29, 0.717) is 5.41 Å². The minimum Gasteiger partial charge on any atom is -0.103 e. The molecule has 4 fully saturated rings. The summed E-state index contributed by atoms with van der Waals surface area (Å²) >= 11 is 0. The molecule has 17 heavy (non-hydrogen) atoms. The van der Waals surface area contributed by atoms with Gasteiger partial charge in [-0.05, 0) is 80.5 Å². The average molecular weight is 229 g/mol. The molecule has 4 rings (SSSR count). The summed E-state index contributed by atoms with van der Waals surface area (Å²) in [5.74, 6) is 4.89. The van der Waals surface area contributed by atoms with Crippen LogP contribution in [0, 0.1) is 29.1 Å². The van der Waals surface area contributed by atoms with E-state index < -0.39 is 0 Å². The SMILES string of the molecule is C=CC[C](CC=C)C12CC3CC(CC(C3)C1)C2. The summed E-state index contributed by atoms with van der Waals surface area (Å²) in [6.07, 6.45) is 15.5. The molecule has 0 aliphatic heterocycles. The summed E-state index contributed by atoms with van der Waals surface area (Å²) in [7, 11) is 0. The highest BCUT2D eigenvalue weighted by Crippen LogP contribution is 2.64. The maximum atomic E-state index is 3.96. The fourth-order valence-electron chi connectivity index (χ4n) is 5.41. The Morgan fingerprint density at radius 3 is 1.65 bits per heavy atom. The van der Waals surface area contributed by atoms with Gasteiger partial charge in [0, 0.05) is 0 Å². The molecular weight excluding hydrogens is 204 g/mol. The highest BCUT2D eigenvalue weighted by molar-refractivity contribution is 5.18. The largest absolute Gasteiger partial charge is 0.103 e. The maximum Gasteiger partial charge on any atom is -0.0104 e. The van der Waals surface area contributed by atoms with E-state index in [4.69, 9.17) is 0 Å². The van der Waals surface area contributed by atoms with Crippen LogP contribution in [-0.4, -0.2) is 0 Å². The van der Waals surface area contributed by atoms with Gasteiger partial charge in [0.25, 0.3) is 0 Å². The lowest BCUT2D eigenvalue weighted by atomic mass is 9.46. The van der Waals surface area contributed by atoms with Crippen molar-refractivity contribution in [2.75, 3.05) is 0 Å². The smallest absolute Gasteiger partial charge is 0.0104 e. The highest BCUT2D eigenvalue weighted by atomic mass is 14.6. The molecule has 0 nitrogen and oxygen atoms in total. The standard InChI is InChI=1S/C17H25/c1-3-5-16(6-4-2)17-10-13-7-14(11-17)9-15(8-13)12-17/h3-4,13-15H,1-2,5-12H2. The van der Waals surface area contributed by atoms with Crippen molar-refractivity contribution in [3.05, 3.63) is 31.2 Å². The van der Waals surface area contributed by atoms with E-state index >= 15 is 0 Å². The molecule has 4 aliphatic rings. The minimum atomic E-state index is 0.594. The molecule has 4 saturated carbocycles. The molecule has 0 aromatic rings. The molecule has 0 atom stereocenters. The van der Waals surface area contributed by atoms with E-state index in [-0.39, 0.29) is 0 Å². The van der Waals surface area contributed by atoms with Crippen molar-refractivity contribution < 1.29 is 0 Å². The van der Waals surface area contributed by atoms with Crippen LogP contribution in [-0.2, 0) is 0 Å². The summed E-state index contributed by atoms with van der Waals surface area (Å²) in [6.45, 7) is 7.91. The normalized spacial score (nSPS) is 43.0. The average Bonchev–Trinajstić information content (AvgIpc) is 2.27. The first kappa shape index (κ1) is 11.6. The molecule has 0 saturated heterocycles. The molecule has 0 N–H and O–H groups in total. The Morgan fingerprint density at radius 2 is 1.29 bits per heavy atom. The van der Waals surface area contributed by atoms with Gasteiger partial charge < -0.3 is 0 Å². The van der Waals surface area contributed by atoms with Gasteiger partial charge in [-0.1, -0.05) is 12.2 Å². The Morgan fingerprint density at radius 1 is 0.882 bits per heavy atom. The third-order valence-electron chi connectivity index (χ3n) is 5.57. The van der Waals surface area contributed by atoms with Crippen molar-refractivity contribution in [1.82, 2.24) is 0 Å². The molecule has 0 heteroatoms. The van der Waals surface area contributed by atoms with Crippen LogP contribution in [0.5, 0.6) is 0 Å². The first-order chi connectivity index (χ1) is 8.25. The second-order valence-corrected chi connectivity index (χ2v) is 6.79. The minimum absolute atomic E-state index is 0.594. The van der Waals surface area contributed by atoms with E-state index in [0.717, 1.165) is 30.6 Å². The van der Waals surface area contributed by atoms with Crippen molar-refractivity contribution in [3.8, 4) is 0 Å². The zero-order valence-corrected chi connectivity index (χ0v) is 11.0. The van der Waals surface area contributed by atoms with Crippen molar-refractivity contribution >= 4 is 0 Å². The molecule has 0 heterocycles. The van der Waals surface area contributed by atoms with Crippen molar-refractivity contribution in [2.24, 2.45) is 23.2 Å². The second kappa shape index (κ2) is 4.30. The Balaban J connectivity index is 1.83. The summed E-state index contributed by atoms with van der Waals surface area (Å²) in [5.41, 5.74) is 0.594. The van der Waals surface area contributed by atoms with Crippen LogP contribution < -0.4 is 0 Å². The van der Waals surface area contributed by atoms with Crippen molar-refractivity contribution in [2.45, 2.75) is 51.4 Å². The first-order valence-corrected chi connectivity index (χ1v) is 7.32. The molecule has 0 spiro atoms. The Kier molecular flexibility index (Phi) is 2.92. The molecule has 0 unspecified atom stereocenters. The van der Waals surface area contributed by atoms with Crippen LogP contribution in [0.25, 0.3) is 0 Å². The van der Waals surface area contributed by atoms with E-state index in [1.807, 2.05) is 0 Å². The predicted octanol–water partition coefficient (Wildman–Crippen LogP) is 4.93. The number of hydrogen-bond donors (Lipinski definition) is 0. The zero-order valence-electron chi connectivity index (χ0n) is 11.0. The van der Waals surface area contributed by atoms with Gasteiger partial charge in [0.15, 0.2) is 0 Å². The maximum absolute atomic E-state index is 3.96. The summed E-state index contributed by atoms with van der Waals surface area (Å²) in [5, 5.41) is 0. The zero-order chi connectivity index (χ0) is 11.9. The lowest BCUT2D eigenvalue weighted by Gasteiger charge is -2.59. The molecule has 0 amide bonds. The first-order valence-electron chi connectivity index (χ1n) is 7.32. The quantitative estimate of drug-likeness (QED) is 0.586. The van der Waals surface area contributed by atoms with E-state index in [9.17, 15) is 0 Å². The summed E-state index contributed by atoms with van der Waals surface area (Å²) in [4.78, 5) is 0. The van der Waals surface area contributed by atoms with Crippen molar-refractivity contribution in [3.63, 3.8) is 0 Å². The van der Waals surface area contributed by atoms with Gasteiger partial charge in [-0.3, -0.25) is 0 Å². The molecular formula is C17H25. The fourth-order valence-corrected chi connectivity index (χ4v) is 5.41. The van der Waals surface area contributed by atoms with Crippen molar-refractivity contribution in [1.29, 1.82) is 0 Å². The fraction of sp³-hybridized carbons (Fsp3) is 0.706. The number of allylic oxidation sites excluding steroid dienone is 2. The third kappa shape index (κ3) is 1.90. The van der Waals surface area contributed by atoms with Crippen LogP contribution in [0.3, 0.4) is 0 Å². The lowest BCUT2D eigenvalue weighted by Crippen LogP contribution is -2.48. The van der Waals surface area contributed by atoms with Gasteiger partial charge in [0.1, 0.15) is 0 Å². The van der Waals surface area contributed by atoms with Crippen LogP contribution in [0.1, 0.15) is 51.4 Å². The Bertz CT molecular complexity index is 267. The van der Waals surface area contributed by atoms with Gasteiger partial charge in [-0.2, -0.15) is 0 Å². The number of rotatable bonds is 5. The van der Waals surface area contributed by atoms with Crippen LogP contribution in [0.2, 0.25) is 0 Å². The molecule has 4 bridgehead atoms. The Labute approximate surface area is 106 Å². The highest BCUT2D eigenvalue weighted by Gasteiger charge is 2.53. The van der Waals surface area contributed by atoms with Crippen LogP contribution in [0.15, 0.2) is 25.3 Å². The predicted molar refractivity (Wildman–Crippen MR) is 73.5 cm³/mol. The van der Waals surface area contributed by atoms with Gasteiger partial charge in [0.05, 0.1) is 0 Å². The lowest BCUT2D eigenvalue weighted by molar-refractivity contribution is -0.0456. The molecule has 0 aromatic carbocycles. The van der Waals surface area contributed by atoms with Gasteiger partial charge in [-0.15, -0.1) is 13.2 Å². The molecule has 1 radical (unpaired) electrons. The van der Waals surface area contributed by atoms with E-state index in [2.05, 4.69) is 25.3 Å². The summed E-state index contributed by atoms with van der Waals surface area (Å²) in [6, 6.07) is 0. The Hall–Kier alpha value is -0.520. The monoisotopic (exact) mass is 229 g/mol. The van der Waals surface area contributed by atoms with E-state index in [1.54, 1.807) is 5.92 Å². The van der Waals surface area contributed by atoms with Crippen LogP contribution in [0.4, 0.5) is 0 Å². The topological polar surface area (TPSA) is 0 Å². The van der Waals surface area contributed by atoms with Gasteiger partial charge in [0.2, 0.25) is 0 Å². The van der Waals surface area contributed by atoms with Crippen LogP contribution >= 0.6 is 0 Å². The molecule has 4 aliphatic carbocycles. The number of hydrogen-bond acceptors (Lipinski definition) is 0. The summed E-state index contributed by atoms with van der Waals surface area (Å²) < 4.78 is 0. The second-order valence-electron chi connectivity index (χ2n) is 6.79. The van der Waals surface area contributed by atoms with Gasteiger partial charge in [-0.25, -0.2) is 0 Å². The van der Waals surface area contributed by atoms with Gasteiger partial charge >= 0.3 is 0 Å². The molecule has 0 aromatic heterocycles. The van der Waals surface area contributed by atoms with E-state index in [1.165, 1.54) is 38.5 Å². The molecule has 93 valence electrons. The third-order valence-corrected chi connectivity index (χ3v) is 5.57.